The summed E-state index contributed by atoms with van der Waals surface area (Å²) in [6, 6.07) is 10.1. The minimum absolute atomic E-state index is 0.165. The molecule has 0 N–H and O–H groups in total. The van der Waals surface area contributed by atoms with Gasteiger partial charge in [-0.1, -0.05) is 31.2 Å². The van der Waals surface area contributed by atoms with E-state index in [1.54, 1.807) is 0 Å². The maximum Gasteiger partial charge on any atom is 0.152 e. The summed E-state index contributed by atoms with van der Waals surface area (Å²) >= 11 is 0. The van der Waals surface area contributed by atoms with Crippen molar-refractivity contribution < 1.29 is 13.2 Å². The minimum atomic E-state index is -3.30. The van der Waals surface area contributed by atoms with Crippen LogP contribution in [0.1, 0.15) is 30.9 Å². The van der Waals surface area contributed by atoms with E-state index < -0.39 is 20.5 Å². The predicted molar refractivity (Wildman–Crippen MR) is 81.7 cm³/mol. The smallest absolute Gasteiger partial charge is 0.152 e. The van der Waals surface area contributed by atoms with Gasteiger partial charge in [-0.05, 0) is 24.5 Å². The molecule has 0 amide bonds. The molecule has 0 unspecified atom stereocenters. The molecule has 0 saturated heterocycles. The number of nitrogens with zero attached hydrogens (tertiary/aromatic N) is 1. The monoisotopic (exact) mass is 307 g/mol. The van der Waals surface area contributed by atoms with Crippen LogP contribution < -0.4 is 0 Å². The molecule has 3 atom stereocenters. The van der Waals surface area contributed by atoms with Crippen molar-refractivity contribution in [3.05, 3.63) is 35.4 Å². The van der Waals surface area contributed by atoms with Crippen molar-refractivity contribution in [2.45, 2.75) is 31.4 Å². The summed E-state index contributed by atoms with van der Waals surface area (Å²) in [6.07, 6.45) is 2.14. The largest absolute Gasteiger partial charge is 0.380 e. The molecule has 5 heteroatoms. The Bertz CT molecular complexity index is 645. The number of benzene rings is 1. The molecule has 21 heavy (non-hydrogen) atoms. The van der Waals surface area contributed by atoms with Gasteiger partial charge < -0.3 is 4.74 Å². The lowest BCUT2D eigenvalue weighted by molar-refractivity contribution is 0.117. The van der Waals surface area contributed by atoms with Gasteiger partial charge >= 0.3 is 0 Å². The molecular formula is C16H21NO3S. The molecule has 114 valence electrons. The minimum Gasteiger partial charge on any atom is -0.380 e. The first kappa shape index (κ1) is 16.0. The van der Waals surface area contributed by atoms with Crippen molar-refractivity contribution in [3.63, 3.8) is 0 Å². The van der Waals surface area contributed by atoms with E-state index in [-0.39, 0.29) is 12.5 Å². The van der Waals surface area contributed by atoms with Crippen molar-refractivity contribution in [3.8, 4) is 6.07 Å². The average molecular weight is 307 g/mol. The Morgan fingerprint density at radius 2 is 1.90 bits per heavy atom. The lowest BCUT2D eigenvalue weighted by Crippen LogP contribution is -2.18. The topological polar surface area (TPSA) is 67.2 Å². The highest BCUT2D eigenvalue weighted by atomic mass is 32.2. The van der Waals surface area contributed by atoms with E-state index in [1.807, 2.05) is 31.2 Å². The van der Waals surface area contributed by atoms with Gasteiger partial charge in [-0.25, -0.2) is 8.42 Å². The van der Waals surface area contributed by atoms with Gasteiger partial charge in [0.25, 0.3) is 0 Å². The van der Waals surface area contributed by atoms with Crippen LogP contribution in [0, 0.1) is 16.7 Å². The number of ether oxygens (including phenoxy) is 1. The van der Waals surface area contributed by atoms with Crippen molar-refractivity contribution in [1.29, 1.82) is 5.26 Å². The van der Waals surface area contributed by atoms with E-state index in [9.17, 15) is 13.7 Å². The second-order valence-electron chi connectivity index (χ2n) is 5.61. The first-order valence-electron chi connectivity index (χ1n) is 7.17. The van der Waals surface area contributed by atoms with Gasteiger partial charge in [-0.15, -0.1) is 0 Å². The van der Waals surface area contributed by atoms with Crippen molar-refractivity contribution in [2.75, 3.05) is 19.5 Å². The van der Waals surface area contributed by atoms with Crippen LogP contribution in [0.3, 0.4) is 0 Å². The molecule has 0 radical (unpaired) electrons. The molecule has 0 aromatic heterocycles. The van der Waals surface area contributed by atoms with Crippen LogP contribution in [0.15, 0.2) is 24.3 Å². The lowest BCUT2D eigenvalue weighted by Gasteiger charge is -2.09. The predicted octanol–water partition coefficient (Wildman–Crippen LogP) is 2.31. The molecule has 1 saturated carbocycles. The van der Waals surface area contributed by atoms with Crippen LogP contribution in [-0.2, 0) is 21.0 Å². The molecule has 1 aliphatic rings. The fourth-order valence-corrected chi connectivity index (χ4v) is 4.92. The molecule has 0 spiro atoms. The van der Waals surface area contributed by atoms with Gasteiger partial charge in [0.15, 0.2) is 9.84 Å². The Morgan fingerprint density at radius 3 is 2.33 bits per heavy atom. The van der Waals surface area contributed by atoms with E-state index in [0.717, 1.165) is 12.0 Å². The van der Waals surface area contributed by atoms with Crippen molar-refractivity contribution in [2.24, 2.45) is 5.41 Å². The molecule has 0 aliphatic heterocycles. The van der Waals surface area contributed by atoms with Crippen LogP contribution in [0.2, 0.25) is 0 Å². The third-order valence-corrected chi connectivity index (χ3v) is 5.83. The Labute approximate surface area is 126 Å². The van der Waals surface area contributed by atoms with Crippen LogP contribution in [0.4, 0.5) is 0 Å². The quantitative estimate of drug-likeness (QED) is 0.809. The Hall–Kier alpha value is -1.38. The zero-order valence-corrected chi connectivity index (χ0v) is 13.5. The highest BCUT2D eigenvalue weighted by Gasteiger charge is 2.71. The number of rotatable bonds is 6. The summed E-state index contributed by atoms with van der Waals surface area (Å²) in [5.41, 5.74) is 1.16. The highest BCUT2D eigenvalue weighted by molar-refractivity contribution is 7.91. The van der Waals surface area contributed by atoms with Gasteiger partial charge in [0.1, 0.15) is 5.41 Å². The van der Waals surface area contributed by atoms with E-state index in [4.69, 9.17) is 4.74 Å². The molecular weight excluding hydrogens is 286 g/mol. The molecule has 1 aromatic carbocycles. The van der Waals surface area contributed by atoms with E-state index in [1.165, 1.54) is 11.8 Å². The number of sulfone groups is 1. The summed E-state index contributed by atoms with van der Waals surface area (Å²) in [5, 5.41) is 8.88. The Balaban J connectivity index is 2.37. The molecule has 0 heterocycles. The van der Waals surface area contributed by atoms with Gasteiger partial charge in [-0.2, -0.15) is 5.26 Å². The number of aryl methyl sites for hydroxylation is 1. The summed E-state index contributed by atoms with van der Waals surface area (Å²) in [5.74, 6) is -0.296. The highest BCUT2D eigenvalue weighted by Crippen LogP contribution is 2.62. The third kappa shape index (κ3) is 2.83. The van der Waals surface area contributed by atoms with E-state index in [0.29, 0.717) is 6.61 Å². The zero-order chi connectivity index (χ0) is 15.7. The molecule has 4 nitrogen and oxygen atoms in total. The standard InChI is InChI=1S/C16H21NO3S/c1-4-12-6-8-13(9-7-12)14-15(21(3,18)19)16(14,10-17)11-20-5-2/h6-9,14-15H,4-5,11H2,1-3H3/t14-,15+,16-/m1/s1. The third-order valence-electron chi connectivity index (χ3n) is 4.22. The maximum atomic E-state index is 12.0. The average Bonchev–Trinajstić information content (AvgIpc) is 3.15. The Kier molecular flexibility index (Phi) is 4.40. The fraction of sp³-hybridized carbons (Fsp3) is 0.562. The lowest BCUT2D eigenvalue weighted by atomic mass is 10.00. The second-order valence-corrected chi connectivity index (χ2v) is 7.78. The van der Waals surface area contributed by atoms with Crippen LogP contribution in [0.25, 0.3) is 0 Å². The second kappa shape index (κ2) is 5.78. The first-order chi connectivity index (χ1) is 9.90. The Morgan fingerprint density at radius 1 is 1.29 bits per heavy atom. The van der Waals surface area contributed by atoms with Crippen LogP contribution in [-0.4, -0.2) is 33.1 Å². The SMILES string of the molecule is CCOC[C@]1(C#N)[C@H](c2ccc(CC)cc2)[C@@H]1S(C)(=O)=O. The molecule has 1 aromatic rings. The van der Waals surface area contributed by atoms with E-state index in [2.05, 4.69) is 13.0 Å². The maximum absolute atomic E-state index is 12.0. The van der Waals surface area contributed by atoms with Crippen molar-refractivity contribution in [1.82, 2.24) is 0 Å². The summed E-state index contributed by atoms with van der Waals surface area (Å²) in [6.45, 7) is 4.55. The van der Waals surface area contributed by atoms with Crippen molar-refractivity contribution >= 4 is 9.84 Å². The normalized spacial score (nSPS) is 28.1. The summed E-state index contributed by atoms with van der Waals surface area (Å²) in [7, 11) is -3.30. The summed E-state index contributed by atoms with van der Waals surface area (Å²) < 4.78 is 29.4. The van der Waals surface area contributed by atoms with Gasteiger partial charge in [-0.3, -0.25) is 0 Å². The van der Waals surface area contributed by atoms with Gasteiger partial charge in [0, 0.05) is 18.8 Å². The zero-order valence-electron chi connectivity index (χ0n) is 12.7. The number of nitriles is 1. The molecule has 1 aliphatic carbocycles. The van der Waals surface area contributed by atoms with Gasteiger partial charge in [0.2, 0.25) is 0 Å². The van der Waals surface area contributed by atoms with Gasteiger partial charge in [0.05, 0.1) is 17.9 Å². The summed E-state index contributed by atoms with van der Waals surface area (Å²) in [4.78, 5) is 0. The first-order valence-corrected chi connectivity index (χ1v) is 9.12. The van der Waals surface area contributed by atoms with Crippen LogP contribution in [0.5, 0.6) is 0 Å². The number of hydrogen-bond acceptors (Lipinski definition) is 4. The molecule has 2 rings (SSSR count). The molecule has 1 fully saturated rings. The number of hydrogen-bond donors (Lipinski definition) is 0. The fourth-order valence-electron chi connectivity index (χ4n) is 3.08. The van der Waals surface area contributed by atoms with E-state index >= 15 is 0 Å². The van der Waals surface area contributed by atoms with Crippen LogP contribution >= 0.6 is 0 Å². The molecule has 0 bridgehead atoms.